The number of halogens is 1. The maximum atomic E-state index is 12.6. The van der Waals surface area contributed by atoms with Crippen molar-refractivity contribution in [3.63, 3.8) is 0 Å². The third-order valence-corrected chi connectivity index (χ3v) is 5.02. The van der Waals surface area contributed by atoms with Crippen molar-refractivity contribution in [3.8, 4) is 5.75 Å². The van der Waals surface area contributed by atoms with Crippen LogP contribution < -0.4 is 9.64 Å². The lowest BCUT2D eigenvalue weighted by atomic mass is 10.3. The lowest BCUT2D eigenvalue weighted by molar-refractivity contribution is -0.121. The van der Waals surface area contributed by atoms with Gasteiger partial charge < -0.3 is 4.74 Å². The molecular weight excluding hydrogens is 334 g/mol. The van der Waals surface area contributed by atoms with Crippen LogP contribution in [0.4, 0.5) is 5.69 Å². The number of ether oxygens (including phenoxy) is 1. The molecule has 4 nitrogen and oxygen atoms in total. The van der Waals surface area contributed by atoms with Crippen molar-refractivity contribution in [2.24, 2.45) is 0 Å². The van der Waals surface area contributed by atoms with Crippen molar-refractivity contribution in [1.29, 1.82) is 0 Å². The molecule has 0 bridgehead atoms. The smallest absolute Gasteiger partial charge is 0.247 e. The number of amides is 2. The van der Waals surface area contributed by atoms with E-state index in [2.05, 4.69) is 0 Å². The second-order valence-electron chi connectivity index (χ2n) is 5.01. The molecule has 6 heteroatoms. The summed E-state index contributed by atoms with van der Waals surface area (Å²) >= 11 is 7.21. The maximum absolute atomic E-state index is 12.6. The van der Waals surface area contributed by atoms with Gasteiger partial charge in [-0.25, -0.2) is 4.90 Å². The molecule has 0 aromatic heterocycles. The highest BCUT2D eigenvalue weighted by Gasteiger charge is 2.40. The van der Waals surface area contributed by atoms with E-state index in [1.807, 2.05) is 24.3 Å². The normalized spacial score (nSPS) is 17.7. The number of nitrogens with zero attached hydrogens (tertiary/aromatic N) is 1. The minimum atomic E-state index is -0.450. The van der Waals surface area contributed by atoms with E-state index in [1.54, 1.807) is 31.4 Å². The van der Waals surface area contributed by atoms with Crippen molar-refractivity contribution in [2.45, 2.75) is 16.6 Å². The molecule has 0 saturated carbocycles. The second-order valence-corrected chi connectivity index (χ2v) is 6.69. The Balaban J connectivity index is 1.82. The highest BCUT2D eigenvalue weighted by molar-refractivity contribution is 8.00. The number of carbonyl (C=O) groups excluding carboxylic acids is 2. The maximum Gasteiger partial charge on any atom is 0.247 e. The molecule has 1 atom stereocenters. The Morgan fingerprint density at radius 3 is 2.52 bits per heavy atom. The Morgan fingerprint density at radius 1 is 1.13 bits per heavy atom. The largest absolute Gasteiger partial charge is 0.496 e. The summed E-state index contributed by atoms with van der Waals surface area (Å²) in [6.45, 7) is 0. The molecular formula is C17H14ClNO3S. The lowest BCUT2D eigenvalue weighted by Crippen LogP contribution is -2.31. The SMILES string of the molecule is COc1ccccc1SC1CC(=O)N(c2ccc(Cl)cc2)C1=O. The molecule has 2 amide bonds. The zero-order chi connectivity index (χ0) is 16.4. The highest BCUT2D eigenvalue weighted by Crippen LogP contribution is 2.38. The first-order valence-electron chi connectivity index (χ1n) is 7.02. The summed E-state index contributed by atoms with van der Waals surface area (Å²) in [7, 11) is 1.58. The third kappa shape index (κ3) is 3.21. The second kappa shape index (κ2) is 6.64. The van der Waals surface area contributed by atoms with Gasteiger partial charge in [0.1, 0.15) is 5.75 Å². The Kier molecular flexibility index (Phi) is 4.59. The Morgan fingerprint density at radius 2 is 1.83 bits per heavy atom. The molecule has 1 aliphatic heterocycles. The first-order valence-corrected chi connectivity index (χ1v) is 8.28. The number of para-hydroxylation sites is 1. The number of rotatable bonds is 4. The minimum Gasteiger partial charge on any atom is -0.496 e. The number of methoxy groups -OCH3 is 1. The molecule has 1 aliphatic rings. The number of carbonyl (C=O) groups is 2. The fraction of sp³-hybridized carbons (Fsp3) is 0.176. The average Bonchev–Trinajstić information content (AvgIpc) is 2.83. The molecule has 118 valence electrons. The van der Waals surface area contributed by atoms with Crippen LogP contribution in [0, 0.1) is 0 Å². The Labute approximate surface area is 143 Å². The van der Waals surface area contributed by atoms with E-state index in [0.717, 1.165) is 4.90 Å². The van der Waals surface area contributed by atoms with E-state index in [4.69, 9.17) is 16.3 Å². The van der Waals surface area contributed by atoms with E-state index < -0.39 is 5.25 Å². The predicted molar refractivity (Wildman–Crippen MR) is 91.2 cm³/mol. The van der Waals surface area contributed by atoms with Crippen molar-refractivity contribution in [1.82, 2.24) is 0 Å². The van der Waals surface area contributed by atoms with Gasteiger partial charge in [-0.15, -0.1) is 11.8 Å². The summed E-state index contributed by atoms with van der Waals surface area (Å²) in [4.78, 5) is 26.9. The molecule has 2 aromatic carbocycles. The standard InChI is InChI=1S/C17H14ClNO3S/c1-22-13-4-2-3-5-14(13)23-15-10-16(20)19(17(15)21)12-8-6-11(18)7-9-12/h2-9,15H,10H2,1H3. The summed E-state index contributed by atoms with van der Waals surface area (Å²) in [6.07, 6.45) is 0.171. The molecule has 23 heavy (non-hydrogen) atoms. The lowest BCUT2D eigenvalue weighted by Gasteiger charge is -2.15. The van der Waals surface area contributed by atoms with E-state index in [9.17, 15) is 9.59 Å². The number of benzene rings is 2. The van der Waals surface area contributed by atoms with Gasteiger partial charge in [-0.3, -0.25) is 9.59 Å². The quantitative estimate of drug-likeness (QED) is 0.790. The Bertz CT molecular complexity index is 748. The topological polar surface area (TPSA) is 46.6 Å². The Hall–Kier alpha value is -1.98. The van der Waals surface area contributed by atoms with Gasteiger partial charge in [0.2, 0.25) is 11.8 Å². The molecule has 0 radical (unpaired) electrons. The van der Waals surface area contributed by atoms with Crippen LogP contribution in [0.25, 0.3) is 0 Å². The molecule has 2 aromatic rings. The fourth-order valence-corrected chi connectivity index (χ4v) is 3.72. The molecule has 1 unspecified atom stereocenters. The van der Waals surface area contributed by atoms with E-state index in [0.29, 0.717) is 16.5 Å². The molecule has 0 N–H and O–H groups in total. The van der Waals surface area contributed by atoms with Gasteiger partial charge in [-0.1, -0.05) is 23.7 Å². The van der Waals surface area contributed by atoms with Gasteiger partial charge in [0.25, 0.3) is 0 Å². The predicted octanol–water partition coefficient (Wildman–Crippen LogP) is 3.77. The summed E-state index contributed by atoms with van der Waals surface area (Å²) in [5, 5.41) is 0.113. The number of thioether (sulfide) groups is 1. The number of imide groups is 1. The van der Waals surface area contributed by atoms with E-state index in [1.165, 1.54) is 16.7 Å². The van der Waals surface area contributed by atoms with Crippen LogP contribution in [0.2, 0.25) is 5.02 Å². The summed E-state index contributed by atoms with van der Waals surface area (Å²) in [6, 6.07) is 14.1. The summed E-state index contributed by atoms with van der Waals surface area (Å²) in [5.74, 6) is 0.278. The van der Waals surface area contributed by atoms with Gasteiger partial charge >= 0.3 is 0 Å². The van der Waals surface area contributed by atoms with E-state index in [-0.39, 0.29) is 18.2 Å². The third-order valence-electron chi connectivity index (χ3n) is 3.53. The van der Waals surface area contributed by atoms with Crippen molar-refractivity contribution in [3.05, 3.63) is 53.6 Å². The molecule has 1 fully saturated rings. The van der Waals surface area contributed by atoms with Gasteiger partial charge in [0, 0.05) is 11.4 Å². The van der Waals surface area contributed by atoms with Gasteiger partial charge in [-0.05, 0) is 36.4 Å². The van der Waals surface area contributed by atoms with Crippen molar-refractivity contribution < 1.29 is 14.3 Å². The average molecular weight is 348 g/mol. The van der Waals surface area contributed by atoms with Gasteiger partial charge in [-0.2, -0.15) is 0 Å². The van der Waals surface area contributed by atoms with Crippen LogP contribution in [-0.2, 0) is 9.59 Å². The monoisotopic (exact) mass is 347 g/mol. The van der Waals surface area contributed by atoms with Gasteiger partial charge in [0.15, 0.2) is 0 Å². The van der Waals surface area contributed by atoms with Crippen LogP contribution >= 0.6 is 23.4 Å². The van der Waals surface area contributed by atoms with E-state index >= 15 is 0 Å². The molecule has 1 heterocycles. The fourth-order valence-electron chi connectivity index (χ4n) is 2.43. The first-order chi connectivity index (χ1) is 11.1. The highest BCUT2D eigenvalue weighted by atomic mass is 35.5. The molecule has 1 saturated heterocycles. The number of hydrogen-bond acceptors (Lipinski definition) is 4. The van der Waals surface area contributed by atoms with Crippen LogP contribution in [-0.4, -0.2) is 24.2 Å². The van der Waals surface area contributed by atoms with Crippen LogP contribution in [0.5, 0.6) is 5.75 Å². The van der Waals surface area contributed by atoms with Crippen LogP contribution in [0.3, 0.4) is 0 Å². The first kappa shape index (κ1) is 15.9. The zero-order valence-corrected chi connectivity index (χ0v) is 13.9. The molecule has 0 aliphatic carbocycles. The number of hydrogen-bond donors (Lipinski definition) is 0. The molecule has 0 spiro atoms. The zero-order valence-electron chi connectivity index (χ0n) is 12.4. The minimum absolute atomic E-state index is 0.171. The van der Waals surface area contributed by atoms with Crippen LogP contribution in [0.15, 0.2) is 53.4 Å². The number of anilines is 1. The van der Waals surface area contributed by atoms with Crippen molar-refractivity contribution in [2.75, 3.05) is 12.0 Å². The summed E-state index contributed by atoms with van der Waals surface area (Å²) in [5.41, 5.74) is 0.549. The van der Waals surface area contributed by atoms with Crippen molar-refractivity contribution >= 4 is 40.9 Å². The molecule has 3 rings (SSSR count). The van der Waals surface area contributed by atoms with Gasteiger partial charge in [0.05, 0.1) is 22.9 Å². The van der Waals surface area contributed by atoms with Crippen LogP contribution in [0.1, 0.15) is 6.42 Å². The summed E-state index contributed by atoms with van der Waals surface area (Å²) < 4.78 is 5.30.